The molecular weight excluding hydrogens is 359 g/mol. The number of nitrogens with zero attached hydrogens (tertiary/aromatic N) is 4. The molecule has 4 rings (SSSR count). The lowest BCUT2D eigenvalue weighted by Crippen LogP contribution is -2.33. The molecule has 7 heteroatoms. The molecule has 0 N–H and O–H groups in total. The van der Waals surface area contributed by atoms with Gasteiger partial charge in [-0.25, -0.2) is 19.2 Å². The zero-order valence-corrected chi connectivity index (χ0v) is 15.9. The van der Waals surface area contributed by atoms with E-state index in [9.17, 15) is 9.18 Å². The van der Waals surface area contributed by atoms with Gasteiger partial charge in [0.05, 0.1) is 30.0 Å². The summed E-state index contributed by atoms with van der Waals surface area (Å²) < 4.78 is 19.2. The first-order valence-corrected chi connectivity index (χ1v) is 9.44. The van der Waals surface area contributed by atoms with E-state index in [4.69, 9.17) is 4.74 Å². The van der Waals surface area contributed by atoms with E-state index in [0.29, 0.717) is 35.2 Å². The maximum Gasteiger partial charge on any atom is 0.341 e. The SMILES string of the molecule is CCOC(=O)c1cnc2ccc(F)cc2c1N1CCc2cnc(CC)nc2C1. The number of hydrogen-bond acceptors (Lipinski definition) is 6. The van der Waals surface area contributed by atoms with Gasteiger partial charge in [-0.3, -0.25) is 4.98 Å². The Morgan fingerprint density at radius 1 is 1.25 bits per heavy atom. The molecule has 0 spiro atoms. The Kier molecular flexibility index (Phi) is 4.90. The molecule has 1 aromatic carbocycles. The second-order valence-electron chi connectivity index (χ2n) is 6.69. The number of aryl methyl sites for hydroxylation is 1. The van der Waals surface area contributed by atoms with Crippen molar-refractivity contribution in [1.82, 2.24) is 15.0 Å². The summed E-state index contributed by atoms with van der Waals surface area (Å²) in [5, 5.41) is 0.596. The highest BCUT2D eigenvalue weighted by Crippen LogP contribution is 2.33. The van der Waals surface area contributed by atoms with Crippen molar-refractivity contribution in [3.05, 3.63) is 59.1 Å². The molecule has 0 radical (unpaired) electrons. The molecule has 0 saturated carbocycles. The Labute approximate surface area is 162 Å². The first-order chi connectivity index (χ1) is 13.6. The summed E-state index contributed by atoms with van der Waals surface area (Å²) in [5.41, 5.74) is 3.66. The molecule has 3 aromatic rings. The van der Waals surface area contributed by atoms with Crippen molar-refractivity contribution in [2.24, 2.45) is 0 Å². The molecule has 0 amide bonds. The first-order valence-electron chi connectivity index (χ1n) is 9.44. The van der Waals surface area contributed by atoms with Gasteiger partial charge >= 0.3 is 5.97 Å². The van der Waals surface area contributed by atoms with Crippen molar-refractivity contribution >= 4 is 22.6 Å². The van der Waals surface area contributed by atoms with Crippen molar-refractivity contribution in [2.75, 3.05) is 18.1 Å². The number of fused-ring (bicyclic) bond motifs is 2. The monoisotopic (exact) mass is 380 g/mol. The van der Waals surface area contributed by atoms with Crippen LogP contribution in [-0.4, -0.2) is 34.1 Å². The fourth-order valence-electron chi connectivity index (χ4n) is 3.56. The molecule has 0 unspecified atom stereocenters. The van der Waals surface area contributed by atoms with Gasteiger partial charge in [-0.15, -0.1) is 0 Å². The zero-order chi connectivity index (χ0) is 19.7. The summed E-state index contributed by atoms with van der Waals surface area (Å²) >= 11 is 0. The van der Waals surface area contributed by atoms with E-state index < -0.39 is 5.97 Å². The highest BCUT2D eigenvalue weighted by Gasteiger charge is 2.26. The average Bonchev–Trinajstić information content (AvgIpc) is 2.72. The molecule has 0 atom stereocenters. The van der Waals surface area contributed by atoms with Gasteiger partial charge in [0, 0.05) is 30.7 Å². The maximum atomic E-state index is 14.0. The fraction of sp³-hybridized carbons (Fsp3) is 0.333. The van der Waals surface area contributed by atoms with E-state index in [2.05, 4.69) is 19.9 Å². The van der Waals surface area contributed by atoms with Crippen LogP contribution >= 0.6 is 0 Å². The predicted molar refractivity (Wildman–Crippen MR) is 104 cm³/mol. The Bertz CT molecular complexity index is 1050. The van der Waals surface area contributed by atoms with E-state index in [-0.39, 0.29) is 12.4 Å². The molecule has 0 fully saturated rings. The van der Waals surface area contributed by atoms with Crippen LogP contribution in [-0.2, 0) is 24.1 Å². The van der Waals surface area contributed by atoms with Crippen LogP contribution in [0.3, 0.4) is 0 Å². The van der Waals surface area contributed by atoms with Crippen molar-refractivity contribution in [3.8, 4) is 0 Å². The van der Waals surface area contributed by atoms with Crippen LogP contribution < -0.4 is 4.90 Å². The van der Waals surface area contributed by atoms with Crippen molar-refractivity contribution in [3.63, 3.8) is 0 Å². The van der Waals surface area contributed by atoms with Crippen LogP contribution in [0.2, 0.25) is 0 Å². The normalized spacial score (nSPS) is 13.5. The summed E-state index contributed by atoms with van der Waals surface area (Å²) in [7, 11) is 0. The van der Waals surface area contributed by atoms with E-state index in [1.54, 1.807) is 13.0 Å². The zero-order valence-electron chi connectivity index (χ0n) is 15.9. The summed E-state index contributed by atoms with van der Waals surface area (Å²) in [6.07, 6.45) is 4.90. The molecule has 0 saturated heterocycles. The first kappa shape index (κ1) is 18.3. The van der Waals surface area contributed by atoms with Crippen LogP contribution in [0.1, 0.15) is 41.3 Å². The van der Waals surface area contributed by atoms with Crippen LogP contribution in [0, 0.1) is 5.82 Å². The van der Waals surface area contributed by atoms with Gasteiger partial charge in [0.15, 0.2) is 0 Å². The molecule has 3 heterocycles. The summed E-state index contributed by atoms with van der Waals surface area (Å²) in [6, 6.07) is 4.42. The minimum absolute atomic E-state index is 0.259. The minimum Gasteiger partial charge on any atom is -0.462 e. The van der Waals surface area contributed by atoms with Gasteiger partial charge < -0.3 is 9.64 Å². The third-order valence-electron chi connectivity index (χ3n) is 4.93. The third kappa shape index (κ3) is 3.28. The third-order valence-corrected chi connectivity index (χ3v) is 4.93. The van der Waals surface area contributed by atoms with Gasteiger partial charge in [0.1, 0.15) is 17.2 Å². The number of anilines is 1. The molecule has 0 aliphatic carbocycles. The van der Waals surface area contributed by atoms with Crippen LogP contribution in [0.4, 0.5) is 10.1 Å². The number of carbonyl (C=O) groups is 1. The lowest BCUT2D eigenvalue weighted by molar-refractivity contribution is 0.0526. The number of halogens is 1. The summed E-state index contributed by atoms with van der Waals surface area (Å²) in [4.78, 5) is 28.0. The number of aromatic nitrogens is 3. The summed E-state index contributed by atoms with van der Waals surface area (Å²) in [6.45, 7) is 5.22. The maximum absolute atomic E-state index is 14.0. The summed E-state index contributed by atoms with van der Waals surface area (Å²) in [5.74, 6) is -0.0414. The highest BCUT2D eigenvalue weighted by atomic mass is 19.1. The van der Waals surface area contributed by atoms with Crippen LogP contribution in [0.5, 0.6) is 0 Å². The van der Waals surface area contributed by atoms with Crippen molar-refractivity contribution < 1.29 is 13.9 Å². The van der Waals surface area contributed by atoms with Gasteiger partial charge in [-0.2, -0.15) is 0 Å². The number of hydrogen-bond donors (Lipinski definition) is 0. The molecule has 28 heavy (non-hydrogen) atoms. The Balaban J connectivity index is 1.85. The van der Waals surface area contributed by atoms with E-state index in [0.717, 1.165) is 29.9 Å². The van der Waals surface area contributed by atoms with Gasteiger partial charge in [0.25, 0.3) is 0 Å². The van der Waals surface area contributed by atoms with Crippen molar-refractivity contribution in [2.45, 2.75) is 33.2 Å². The Hall–Kier alpha value is -3.09. The molecule has 144 valence electrons. The van der Waals surface area contributed by atoms with E-state index in [1.165, 1.54) is 18.3 Å². The minimum atomic E-state index is -0.459. The number of ether oxygens (including phenoxy) is 1. The fourth-order valence-corrected chi connectivity index (χ4v) is 3.56. The van der Waals surface area contributed by atoms with E-state index >= 15 is 0 Å². The standard InChI is InChI=1S/C21H21FN4O2/c1-3-19-24-10-13-7-8-26(12-18(13)25-19)20-15-9-14(22)5-6-17(15)23-11-16(20)21(27)28-4-2/h5-6,9-11H,3-4,7-8,12H2,1-2H3. The second kappa shape index (κ2) is 7.50. The lowest BCUT2D eigenvalue weighted by Gasteiger charge is -2.32. The predicted octanol–water partition coefficient (Wildman–Crippen LogP) is 3.47. The van der Waals surface area contributed by atoms with Crippen molar-refractivity contribution in [1.29, 1.82) is 0 Å². The topological polar surface area (TPSA) is 68.2 Å². The second-order valence-corrected chi connectivity index (χ2v) is 6.69. The van der Waals surface area contributed by atoms with Crippen LogP contribution in [0.15, 0.2) is 30.6 Å². The molecule has 6 nitrogen and oxygen atoms in total. The smallest absolute Gasteiger partial charge is 0.341 e. The highest BCUT2D eigenvalue weighted by molar-refractivity contribution is 6.05. The van der Waals surface area contributed by atoms with Crippen LogP contribution in [0.25, 0.3) is 10.9 Å². The Morgan fingerprint density at radius 3 is 2.89 bits per heavy atom. The van der Waals surface area contributed by atoms with Gasteiger partial charge in [-0.05, 0) is 37.1 Å². The molecule has 1 aliphatic heterocycles. The average molecular weight is 380 g/mol. The van der Waals surface area contributed by atoms with Gasteiger partial charge in [0.2, 0.25) is 0 Å². The number of carbonyl (C=O) groups excluding carboxylic acids is 1. The number of rotatable bonds is 4. The molecule has 1 aliphatic rings. The van der Waals surface area contributed by atoms with Gasteiger partial charge in [-0.1, -0.05) is 6.92 Å². The Morgan fingerprint density at radius 2 is 2.11 bits per heavy atom. The largest absolute Gasteiger partial charge is 0.462 e. The quantitative estimate of drug-likeness (QED) is 0.646. The molecule has 2 aromatic heterocycles. The van der Waals surface area contributed by atoms with E-state index in [1.807, 2.05) is 13.1 Å². The lowest BCUT2D eigenvalue weighted by atomic mass is 10.0. The number of pyridine rings is 1. The molecular formula is C21H21FN4O2. The molecule has 0 bridgehead atoms. The number of benzene rings is 1. The number of esters is 1.